The third-order valence-corrected chi connectivity index (χ3v) is 6.93. The average Bonchev–Trinajstić information content (AvgIpc) is 3.24. The molecule has 0 spiro atoms. The first kappa shape index (κ1) is 35.4. The molecule has 1 aliphatic heterocycles. The average molecular weight is 658 g/mol. The first-order valence-corrected chi connectivity index (χ1v) is 14.1. The maximum Gasteiger partial charge on any atom is 0.308 e. The van der Waals surface area contributed by atoms with E-state index < -0.39 is 12.1 Å². The van der Waals surface area contributed by atoms with Gasteiger partial charge in [0, 0.05) is 24.7 Å². The van der Waals surface area contributed by atoms with Gasteiger partial charge in [-0.25, -0.2) is 0 Å². The summed E-state index contributed by atoms with van der Waals surface area (Å²) >= 11 is 0. The number of rotatable bonds is 13. The van der Waals surface area contributed by atoms with E-state index >= 15 is 0 Å². The van der Waals surface area contributed by atoms with E-state index in [0.717, 1.165) is 16.7 Å². The van der Waals surface area contributed by atoms with Crippen molar-refractivity contribution in [3.8, 4) is 11.8 Å². The number of amides is 1. The van der Waals surface area contributed by atoms with Crippen molar-refractivity contribution in [2.24, 2.45) is 0 Å². The van der Waals surface area contributed by atoms with Crippen LogP contribution < -0.4 is 10.1 Å². The summed E-state index contributed by atoms with van der Waals surface area (Å²) < 4.78 is 16.6. The highest BCUT2D eigenvalue weighted by Gasteiger charge is 2.30. The number of hydrogen-bond acceptors (Lipinski definition) is 8. The zero-order valence-electron chi connectivity index (χ0n) is 25.7. The lowest BCUT2D eigenvalue weighted by Crippen LogP contribution is -2.30. The summed E-state index contributed by atoms with van der Waals surface area (Å²) in [5, 5.41) is 20.5. The Labute approximate surface area is 264 Å². The molecule has 1 atom stereocenters. The number of hydrogen-bond donors (Lipinski definition) is 2. The van der Waals surface area contributed by atoms with Crippen LogP contribution in [0.1, 0.15) is 90.4 Å². The van der Waals surface area contributed by atoms with E-state index in [4.69, 9.17) is 19.6 Å². The Kier molecular flexibility index (Phi) is 12.9. The summed E-state index contributed by atoms with van der Waals surface area (Å²) in [6.45, 7) is 10.8. The van der Waals surface area contributed by atoms with Crippen LogP contribution in [0.25, 0.3) is 0 Å². The third-order valence-electron chi connectivity index (χ3n) is 6.93. The van der Waals surface area contributed by atoms with E-state index in [1.807, 2.05) is 45.9 Å². The van der Waals surface area contributed by atoms with Gasteiger partial charge in [0.2, 0.25) is 0 Å². The molecule has 1 heterocycles. The second kappa shape index (κ2) is 15.6. The van der Waals surface area contributed by atoms with E-state index in [1.165, 1.54) is 7.05 Å². The monoisotopic (exact) mass is 656 g/mol. The number of Topliss-reactive ketones (excluding diaryl/α,β-unsaturated/α-hetero) is 1. The van der Waals surface area contributed by atoms with Gasteiger partial charge in [-0.3, -0.25) is 19.8 Å². The lowest BCUT2D eigenvalue weighted by Gasteiger charge is -2.23. The molecule has 43 heavy (non-hydrogen) atoms. The number of halogens is 1. The molecule has 0 radical (unpaired) electrons. The Morgan fingerprint density at radius 3 is 2.44 bits per heavy atom. The second-order valence-corrected chi connectivity index (χ2v) is 11.1. The van der Waals surface area contributed by atoms with E-state index in [1.54, 1.807) is 30.0 Å². The van der Waals surface area contributed by atoms with Crippen molar-refractivity contribution in [1.82, 2.24) is 10.2 Å². The molecule has 0 bridgehead atoms. The smallest absolute Gasteiger partial charge is 0.308 e. The fourth-order valence-corrected chi connectivity index (χ4v) is 4.70. The Morgan fingerprint density at radius 1 is 1.12 bits per heavy atom. The SMILES string of the molecule is Br.CCOC(=O)CC(CC#N)OCc1cc(C(=O)CN2Cc3cc(OCC)c(C(=O)NC)cc3C2=N)cc(C(C)(C)C)c1. The number of nitrogens with zero attached hydrogens (tertiary/aromatic N) is 2. The number of ketones is 1. The molecule has 0 aliphatic carbocycles. The van der Waals surface area contributed by atoms with Gasteiger partial charge in [0.15, 0.2) is 5.78 Å². The highest BCUT2D eigenvalue weighted by molar-refractivity contribution is 8.93. The topological polar surface area (TPSA) is 142 Å². The third kappa shape index (κ3) is 9.12. The molecular weight excluding hydrogens is 616 g/mol. The Bertz CT molecular complexity index is 1400. The molecule has 1 aliphatic rings. The zero-order valence-corrected chi connectivity index (χ0v) is 27.4. The van der Waals surface area contributed by atoms with Gasteiger partial charge in [-0.1, -0.05) is 26.8 Å². The molecule has 3 rings (SSSR count). The van der Waals surface area contributed by atoms with Crippen molar-refractivity contribution in [2.75, 3.05) is 26.8 Å². The number of fused-ring (bicyclic) bond motifs is 1. The standard InChI is InChI=1S/C32H40N4O6.BrH/c1-7-40-28-14-22-17-36(30(34)25(22)16-26(28)31(39)35-6)18-27(37)21-11-20(12-23(13-21)32(3,4)5)19-42-24(9-10-33)15-29(38)41-8-2;/h11-14,16,24,34H,7-9,15,17-19H2,1-6H3,(H,35,39);1H. The first-order chi connectivity index (χ1) is 19.9. The molecule has 0 fully saturated rings. The van der Waals surface area contributed by atoms with Crippen molar-refractivity contribution < 1.29 is 28.6 Å². The quantitative estimate of drug-likeness (QED) is 0.224. The fraction of sp³-hybridized carbons (Fsp3) is 0.469. The van der Waals surface area contributed by atoms with Crippen molar-refractivity contribution >= 4 is 40.5 Å². The molecule has 2 N–H and O–H groups in total. The zero-order chi connectivity index (χ0) is 31.0. The molecular formula is C32H41BrN4O6. The molecule has 0 saturated heterocycles. The van der Waals surface area contributed by atoms with Crippen molar-refractivity contribution in [2.45, 2.75) is 72.1 Å². The summed E-state index contributed by atoms with van der Waals surface area (Å²) in [5.41, 5.74) is 3.65. The van der Waals surface area contributed by atoms with Crippen LogP contribution in [0.4, 0.5) is 0 Å². The van der Waals surface area contributed by atoms with Crippen LogP contribution in [0, 0.1) is 16.7 Å². The molecule has 232 valence electrons. The number of esters is 1. The number of nitrogens with one attached hydrogen (secondary N) is 2. The summed E-state index contributed by atoms with van der Waals surface area (Å²) in [5.74, 6) is -0.299. The van der Waals surface area contributed by atoms with Gasteiger partial charge in [-0.15, -0.1) is 17.0 Å². The Hall–Kier alpha value is -3.75. The van der Waals surface area contributed by atoms with Gasteiger partial charge >= 0.3 is 5.97 Å². The summed E-state index contributed by atoms with van der Waals surface area (Å²) in [6, 6.07) is 11.1. The van der Waals surface area contributed by atoms with Crippen LogP contribution in [0.3, 0.4) is 0 Å². The lowest BCUT2D eigenvalue weighted by atomic mass is 9.84. The van der Waals surface area contributed by atoms with Crippen LogP contribution in [-0.2, 0) is 32.8 Å². The van der Waals surface area contributed by atoms with E-state index in [-0.39, 0.29) is 72.5 Å². The number of carbonyl (C=O) groups is 3. The minimum atomic E-state index is -0.628. The Morgan fingerprint density at radius 2 is 1.84 bits per heavy atom. The van der Waals surface area contributed by atoms with Crippen LogP contribution in [0.5, 0.6) is 5.75 Å². The van der Waals surface area contributed by atoms with Gasteiger partial charge in [0.05, 0.1) is 56.9 Å². The second-order valence-electron chi connectivity index (χ2n) is 11.1. The number of benzene rings is 2. The molecule has 2 aromatic rings. The minimum absolute atomic E-state index is 0. The van der Waals surface area contributed by atoms with Crippen LogP contribution >= 0.6 is 17.0 Å². The first-order valence-electron chi connectivity index (χ1n) is 14.1. The van der Waals surface area contributed by atoms with E-state index in [9.17, 15) is 19.6 Å². The molecule has 10 nitrogen and oxygen atoms in total. The van der Waals surface area contributed by atoms with Crippen molar-refractivity contribution in [3.63, 3.8) is 0 Å². The van der Waals surface area contributed by atoms with Crippen molar-refractivity contribution in [1.29, 1.82) is 10.7 Å². The predicted molar refractivity (Wildman–Crippen MR) is 168 cm³/mol. The largest absolute Gasteiger partial charge is 0.493 e. The van der Waals surface area contributed by atoms with E-state index in [0.29, 0.717) is 35.6 Å². The van der Waals surface area contributed by atoms with Gasteiger partial charge in [-0.05, 0) is 60.2 Å². The highest BCUT2D eigenvalue weighted by Crippen LogP contribution is 2.31. The Balaban J connectivity index is 0.00000645. The van der Waals surface area contributed by atoms with Crippen LogP contribution in [0.2, 0.25) is 0 Å². The number of nitriles is 1. The van der Waals surface area contributed by atoms with Crippen LogP contribution in [-0.4, -0.2) is 61.3 Å². The molecule has 2 aromatic carbocycles. The van der Waals surface area contributed by atoms with Gasteiger partial charge < -0.3 is 24.4 Å². The lowest BCUT2D eigenvalue weighted by molar-refractivity contribution is -0.146. The molecule has 0 saturated carbocycles. The number of carbonyl (C=O) groups excluding carboxylic acids is 3. The summed E-state index contributed by atoms with van der Waals surface area (Å²) in [6.07, 6.45) is -0.624. The van der Waals surface area contributed by atoms with E-state index in [2.05, 4.69) is 5.32 Å². The molecule has 1 unspecified atom stereocenters. The molecule has 1 amide bonds. The van der Waals surface area contributed by atoms with Crippen molar-refractivity contribution in [3.05, 3.63) is 63.7 Å². The predicted octanol–water partition coefficient (Wildman–Crippen LogP) is 5.10. The van der Waals surface area contributed by atoms with Gasteiger partial charge in [0.25, 0.3) is 5.91 Å². The maximum atomic E-state index is 13.6. The fourth-order valence-electron chi connectivity index (χ4n) is 4.70. The summed E-state index contributed by atoms with van der Waals surface area (Å²) in [7, 11) is 1.54. The minimum Gasteiger partial charge on any atom is -0.493 e. The normalized spacial score (nSPS) is 13.0. The van der Waals surface area contributed by atoms with Crippen LogP contribution in [0.15, 0.2) is 30.3 Å². The maximum absolute atomic E-state index is 13.6. The van der Waals surface area contributed by atoms with Gasteiger partial charge in [-0.2, -0.15) is 5.26 Å². The molecule has 11 heteroatoms. The van der Waals surface area contributed by atoms with Gasteiger partial charge in [0.1, 0.15) is 11.6 Å². The number of amidine groups is 1. The highest BCUT2D eigenvalue weighted by atomic mass is 79.9. The number of ether oxygens (including phenoxy) is 3. The molecule has 0 aromatic heterocycles. The summed E-state index contributed by atoms with van der Waals surface area (Å²) in [4.78, 5) is 39.7.